The van der Waals surface area contributed by atoms with Crippen LogP contribution in [0, 0.1) is 0 Å². The zero-order valence-corrected chi connectivity index (χ0v) is 17.1. The van der Waals surface area contributed by atoms with E-state index in [1.165, 1.54) is 0 Å². The van der Waals surface area contributed by atoms with Gasteiger partial charge in [-0.25, -0.2) is 0 Å². The summed E-state index contributed by atoms with van der Waals surface area (Å²) < 4.78 is 12.1. The highest BCUT2D eigenvalue weighted by Crippen LogP contribution is 2.39. The summed E-state index contributed by atoms with van der Waals surface area (Å²) >= 11 is 0. The molecule has 2 heterocycles. The van der Waals surface area contributed by atoms with E-state index in [4.69, 9.17) is 9.47 Å². The lowest BCUT2D eigenvalue weighted by atomic mass is 9.89. The van der Waals surface area contributed by atoms with Gasteiger partial charge in [0.05, 0.1) is 18.5 Å². The standard InChI is InChI=1S/C26H23NO4/c28-23-16-26(31-24-12-5-4-11-22(23)24)13-14-27(18-26)25(29)20-9-6-10-21(15-20)30-17-19-7-2-1-3-8-19/h1-12,15H,13-14,16-18H2. The Hall–Kier alpha value is -3.60. The molecule has 1 spiro atoms. The summed E-state index contributed by atoms with van der Waals surface area (Å²) in [5.41, 5.74) is 1.63. The van der Waals surface area contributed by atoms with Gasteiger partial charge in [-0.3, -0.25) is 9.59 Å². The van der Waals surface area contributed by atoms with Gasteiger partial charge in [-0.1, -0.05) is 48.5 Å². The molecule has 0 bridgehead atoms. The fourth-order valence-electron chi connectivity index (χ4n) is 4.33. The molecule has 5 rings (SSSR count). The summed E-state index contributed by atoms with van der Waals surface area (Å²) in [6.45, 7) is 1.41. The van der Waals surface area contributed by atoms with Crippen LogP contribution in [0.5, 0.6) is 11.5 Å². The normalized spacial score (nSPS) is 19.7. The zero-order chi connectivity index (χ0) is 21.3. The lowest BCUT2D eigenvalue weighted by molar-refractivity contribution is 0.0428. The molecule has 31 heavy (non-hydrogen) atoms. The van der Waals surface area contributed by atoms with Crippen LogP contribution in [-0.2, 0) is 6.61 Å². The number of likely N-dealkylation sites (tertiary alicyclic amines) is 1. The minimum atomic E-state index is -0.636. The first-order valence-corrected chi connectivity index (χ1v) is 10.5. The number of carbonyl (C=O) groups is 2. The van der Waals surface area contributed by atoms with E-state index >= 15 is 0 Å². The van der Waals surface area contributed by atoms with Crippen LogP contribution in [0.15, 0.2) is 78.9 Å². The second-order valence-corrected chi connectivity index (χ2v) is 8.16. The van der Waals surface area contributed by atoms with Crippen LogP contribution in [0.3, 0.4) is 0 Å². The van der Waals surface area contributed by atoms with Crippen LogP contribution in [0.1, 0.15) is 39.1 Å². The summed E-state index contributed by atoms with van der Waals surface area (Å²) in [6.07, 6.45) is 0.941. The van der Waals surface area contributed by atoms with Crippen molar-refractivity contribution in [3.05, 3.63) is 95.6 Å². The quantitative estimate of drug-likeness (QED) is 0.631. The third-order valence-electron chi connectivity index (χ3n) is 5.93. The highest BCUT2D eigenvalue weighted by molar-refractivity contribution is 6.00. The van der Waals surface area contributed by atoms with Gasteiger partial charge < -0.3 is 14.4 Å². The van der Waals surface area contributed by atoms with Crippen molar-refractivity contribution in [1.82, 2.24) is 4.90 Å². The Labute approximate surface area is 181 Å². The first kappa shape index (κ1) is 19.4. The molecular formula is C26H23NO4. The highest BCUT2D eigenvalue weighted by atomic mass is 16.5. The monoisotopic (exact) mass is 413 g/mol. The van der Waals surface area contributed by atoms with E-state index in [0.29, 0.717) is 55.2 Å². The molecule has 0 aliphatic carbocycles. The topological polar surface area (TPSA) is 55.8 Å². The van der Waals surface area contributed by atoms with Crippen LogP contribution in [0.2, 0.25) is 0 Å². The van der Waals surface area contributed by atoms with Gasteiger partial charge in [0.15, 0.2) is 5.78 Å². The molecule has 1 amide bonds. The van der Waals surface area contributed by atoms with Crippen molar-refractivity contribution in [2.45, 2.75) is 25.0 Å². The van der Waals surface area contributed by atoms with Gasteiger partial charge in [0, 0.05) is 18.5 Å². The van der Waals surface area contributed by atoms with Crippen molar-refractivity contribution in [3.63, 3.8) is 0 Å². The largest absolute Gasteiger partial charge is 0.489 e. The van der Waals surface area contributed by atoms with Gasteiger partial charge in [0.25, 0.3) is 5.91 Å². The van der Waals surface area contributed by atoms with Gasteiger partial charge in [0.2, 0.25) is 0 Å². The van der Waals surface area contributed by atoms with Gasteiger partial charge in [-0.05, 0) is 35.9 Å². The Kier molecular flexibility index (Phi) is 4.94. The molecule has 3 aromatic carbocycles. The third kappa shape index (κ3) is 3.91. The van der Waals surface area contributed by atoms with Crippen LogP contribution in [0.4, 0.5) is 0 Å². The Balaban J connectivity index is 1.28. The maximum atomic E-state index is 13.2. The average molecular weight is 413 g/mol. The van der Waals surface area contributed by atoms with E-state index < -0.39 is 5.60 Å². The van der Waals surface area contributed by atoms with E-state index in [1.807, 2.05) is 60.7 Å². The minimum Gasteiger partial charge on any atom is -0.489 e. The Morgan fingerprint density at radius 2 is 1.81 bits per heavy atom. The Morgan fingerprint density at radius 3 is 2.68 bits per heavy atom. The number of para-hydroxylation sites is 1. The molecule has 1 atom stereocenters. The number of nitrogens with zero attached hydrogens (tertiary/aromatic N) is 1. The van der Waals surface area contributed by atoms with Crippen molar-refractivity contribution in [2.75, 3.05) is 13.1 Å². The number of hydrogen-bond donors (Lipinski definition) is 0. The van der Waals surface area contributed by atoms with Crippen molar-refractivity contribution >= 4 is 11.7 Å². The molecule has 1 saturated heterocycles. The summed E-state index contributed by atoms with van der Waals surface area (Å²) in [7, 11) is 0. The number of carbonyl (C=O) groups excluding carboxylic acids is 2. The van der Waals surface area contributed by atoms with E-state index in [-0.39, 0.29) is 11.7 Å². The molecule has 1 unspecified atom stereocenters. The Morgan fingerprint density at radius 1 is 1.00 bits per heavy atom. The number of hydrogen-bond acceptors (Lipinski definition) is 4. The number of fused-ring (bicyclic) bond motifs is 1. The van der Waals surface area contributed by atoms with Crippen molar-refractivity contribution in [2.24, 2.45) is 0 Å². The van der Waals surface area contributed by atoms with Gasteiger partial charge in [-0.2, -0.15) is 0 Å². The highest BCUT2D eigenvalue weighted by Gasteiger charge is 2.47. The van der Waals surface area contributed by atoms with Crippen LogP contribution >= 0.6 is 0 Å². The number of benzene rings is 3. The number of ether oxygens (including phenoxy) is 2. The fraction of sp³-hybridized carbons (Fsp3) is 0.231. The number of Topliss-reactive ketones (excluding diaryl/α,β-unsaturated/α-hetero) is 1. The Bertz CT molecular complexity index is 1130. The zero-order valence-electron chi connectivity index (χ0n) is 17.1. The van der Waals surface area contributed by atoms with Crippen molar-refractivity contribution < 1.29 is 19.1 Å². The molecule has 0 N–H and O–H groups in total. The molecular weight excluding hydrogens is 390 g/mol. The molecule has 3 aromatic rings. The predicted molar refractivity (Wildman–Crippen MR) is 116 cm³/mol. The lowest BCUT2D eigenvalue weighted by Crippen LogP contribution is -2.45. The molecule has 0 saturated carbocycles. The number of amides is 1. The molecule has 1 fully saturated rings. The van der Waals surface area contributed by atoms with Gasteiger partial charge >= 0.3 is 0 Å². The molecule has 5 heteroatoms. The summed E-state index contributed by atoms with van der Waals surface area (Å²) in [5, 5.41) is 0. The van der Waals surface area contributed by atoms with Crippen molar-refractivity contribution in [3.8, 4) is 11.5 Å². The van der Waals surface area contributed by atoms with Gasteiger partial charge in [0.1, 0.15) is 23.7 Å². The van der Waals surface area contributed by atoms with E-state index in [1.54, 1.807) is 23.1 Å². The lowest BCUT2D eigenvalue weighted by Gasteiger charge is -2.34. The first-order valence-electron chi connectivity index (χ1n) is 10.5. The molecule has 5 nitrogen and oxygen atoms in total. The minimum absolute atomic E-state index is 0.0723. The molecule has 0 aromatic heterocycles. The van der Waals surface area contributed by atoms with Crippen LogP contribution in [-0.4, -0.2) is 35.3 Å². The van der Waals surface area contributed by atoms with E-state index in [2.05, 4.69) is 0 Å². The maximum absolute atomic E-state index is 13.2. The SMILES string of the molecule is O=C1CC2(CCN(C(=O)c3cccc(OCc4ccccc4)c3)C2)Oc2ccccc21. The number of ketones is 1. The molecule has 0 radical (unpaired) electrons. The van der Waals surface area contributed by atoms with E-state index in [9.17, 15) is 9.59 Å². The second kappa shape index (κ2) is 7.91. The maximum Gasteiger partial charge on any atom is 0.254 e. The van der Waals surface area contributed by atoms with Crippen LogP contribution in [0.25, 0.3) is 0 Å². The summed E-state index contributed by atoms with van der Waals surface area (Å²) in [5.74, 6) is 1.27. The third-order valence-corrected chi connectivity index (χ3v) is 5.93. The first-order chi connectivity index (χ1) is 15.1. The predicted octanol–water partition coefficient (Wildman–Crippen LogP) is 4.52. The fourth-order valence-corrected chi connectivity index (χ4v) is 4.33. The van der Waals surface area contributed by atoms with E-state index in [0.717, 1.165) is 5.56 Å². The molecule has 2 aliphatic rings. The van der Waals surface area contributed by atoms with Crippen LogP contribution < -0.4 is 9.47 Å². The summed E-state index contributed by atoms with van der Waals surface area (Å²) in [4.78, 5) is 27.6. The number of rotatable bonds is 4. The average Bonchev–Trinajstić information content (AvgIpc) is 3.21. The molecule has 2 aliphatic heterocycles. The second-order valence-electron chi connectivity index (χ2n) is 8.16. The smallest absolute Gasteiger partial charge is 0.254 e. The summed E-state index contributed by atoms with van der Waals surface area (Å²) in [6, 6.07) is 24.5. The van der Waals surface area contributed by atoms with Crippen molar-refractivity contribution in [1.29, 1.82) is 0 Å². The molecule has 156 valence electrons. The van der Waals surface area contributed by atoms with Gasteiger partial charge in [-0.15, -0.1) is 0 Å².